The first kappa shape index (κ1) is 44.7. The molecule has 0 saturated carbocycles. The maximum Gasteiger partial charge on any atom is 1.00 e. The molecule has 24 heteroatoms. The Kier molecular flexibility index (Phi) is 17.0. The van der Waals surface area contributed by atoms with E-state index in [1.54, 1.807) is 42.3 Å². The minimum absolute atomic E-state index is 0. The van der Waals surface area contributed by atoms with Gasteiger partial charge < -0.3 is 29.7 Å². The van der Waals surface area contributed by atoms with Crippen molar-refractivity contribution >= 4 is 89.3 Å². The largest absolute Gasteiger partial charge is 1.00 e. The molecule has 4 aromatic carbocycles. The van der Waals surface area contributed by atoms with E-state index < -0.39 is 41.5 Å². The van der Waals surface area contributed by atoms with Crippen LogP contribution in [0.4, 0.5) is 34.6 Å². The van der Waals surface area contributed by atoms with Crippen molar-refractivity contribution < 1.29 is 134 Å². The monoisotopic (exact) mass is 787 g/mol. The van der Waals surface area contributed by atoms with Crippen LogP contribution in [0.5, 0.6) is 5.75 Å². The van der Waals surface area contributed by atoms with E-state index in [1.807, 2.05) is 0 Å². The molecule has 244 valence electrons. The summed E-state index contributed by atoms with van der Waals surface area (Å²) in [4.78, 5) is 12.4. The Bertz CT molecular complexity index is 2250. The number of phenols is 1. The van der Waals surface area contributed by atoms with Crippen LogP contribution in [-0.4, -0.2) is 53.0 Å². The van der Waals surface area contributed by atoms with E-state index >= 15 is 0 Å². The number of hydrogen-bond acceptors (Lipinski definition) is 18. The topological polar surface area (TPSA) is 255 Å². The van der Waals surface area contributed by atoms with Crippen LogP contribution in [0.15, 0.2) is 97.7 Å². The maximum absolute atomic E-state index is 12.1. The molecule has 0 bridgehead atoms. The summed E-state index contributed by atoms with van der Waals surface area (Å²) in [5.41, 5.74) is -0.392. The Morgan fingerprint density at radius 1 is 0.900 bits per heavy atom. The molecule has 2 N–H and O–H groups in total. The number of para-hydroxylation sites is 1. The molecule has 0 fully saturated rings. The second kappa shape index (κ2) is 19.0. The molecule has 0 aliphatic carbocycles. The average Bonchev–Trinajstić information content (AvgIpc) is 3.02. The van der Waals surface area contributed by atoms with E-state index in [0.29, 0.717) is 5.69 Å². The van der Waals surface area contributed by atoms with Crippen LogP contribution >= 0.6 is 23.6 Å². The fourth-order valence-electron chi connectivity index (χ4n) is 4.20. The second-order valence-corrected chi connectivity index (χ2v) is 13.0. The number of hydrogen-bond donors (Lipinski definition) is 2. The number of aromatic nitrogens is 3. The third kappa shape index (κ3) is 10.8. The number of azo groups is 1. The molecule has 5 rings (SSSR count). The van der Waals surface area contributed by atoms with Crippen LogP contribution in [0.25, 0.3) is 10.8 Å². The number of benzene rings is 4. The minimum atomic E-state index is -5.09. The summed E-state index contributed by atoms with van der Waals surface area (Å²) >= 11 is 6.39. The van der Waals surface area contributed by atoms with Crippen molar-refractivity contribution in [3.8, 4) is 5.75 Å². The van der Waals surface area contributed by atoms with Gasteiger partial charge in [-0.25, -0.2) is 16.8 Å². The molecule has 0 aliphatic rings. The third-order valence-electron chi connectivity index (χ3n) is 6.24. The van der Waals surface area contributed by atoms with Crippen molar-refractivity contribution in [2.45, 2.75) is 14.7 Å². The van der Waals surface area contributed by atoms with Gasteiger partial charge in [-0.2, -0.15) is 19.3 Å². The van der Waals surface area contributed by atoms with Crippen molar-refractivity contribution in [1.29, 1.82) is 0 Å². The molecule has 0 saturated heterocycles. The van der Waals surface area contributed by atoms with Gasteiger partial charge >= 0.3 is 88.7 Å². The Labute approximate surface area is 360 Å². The van der Waals surface area contributed by atoms with Crippen LogP contribution in [-0.2, 0) is 29.6 Å². The van der Waals surface area contributed by atoms with Gasteiger partial charge in [0.2, 0.25) is 17.2 Å². The summed E-state index contributed by atoms with van der Waals surface area (Å²) in [6.07, 6.45) is 0. The van der Waals surface area contributed by atoms with Gasteiger partial charge in [0.15, 0.2) is 5.75 Å². The molecule has 50 heavy (non-hydrogen) atoms. The Morgan fingerprint density at radius 2 is 1.56 bits per heavy atom. The van der Waals surface area contributed by atoms with Crippen molar-refractivity contribution in [1.82, 2.24) is 15.0 Å². The zero-order valence-corrected chi connectivity index (χ0v) is 35.5. The third-order valence-corrected chi connectivity index (χ3v) is 8.72. The Hall–Kier alpha value is -1.51. The first-order valence-electron chi connectivity index (χ1n) is 12.6. The van der Waals surface area contributed by atoms with Crippen molar-refractivity contribution in [2.75, 3.05) is 17.3 Å². The zero-order chi connectivity index (χ0) is 33.9. The number of aromatic hydroxyl groups is 1. The molecule has 0 radical (unpaired) electrons. The number of phenolic OH excluding ortho intramolecular Hbond substituents is 1. The number of halogens is 1. The molecule has 0 aliphatic heterocycles. The molecule has 1 heterocycles. The molecule has 0 spiro atoms. The van der Waals surface area contributed by atoms with Gasteiger partial charge in [0, 0.05) is 18.1 Å². The minimum Gasteiger partial charge on any atom is -0.744 e. The van der Waals surface area contributed by atoms with Gasteiger partial charge in [0.05, 0.1) is 32.4 Å². The average molecular weight is 788 g/mol. The molecular weight excluding hydrogens is 771 g/mol. The second-order valence-electron chi connectivity index (χ2n) is 9.18. The molecule has 1 aromatic heterocycles. The smallest absolute Gasteiger partial charge is 0.744 e. The Balaban J connectivity index is 0.00000289. The summed E-state index contributed by atoms with van der Waals surface area (Å²) < 4.78 is 75.8. The maximum atomic E-state index is 12.1. The van der Waals surface area contributed by atoms with Gasteiger partial charge in [0.25, 0.3) is 0 Å². The van der Waals surface area contributed by atoms with Gasteiger partial charge in [-0.1, -0.05) is 30.3 Å². The zero-order valence-electron chi connectivity index (χ0n) is 26.3. The van der Waals surface area contributed by atoms with Crippen LogP contribution < -0.4 is 104 Å². The van der Waals surface area contributed by atoms with E-state index in [0.717, 1.165) is 24.3 Å². The molecule has 0 atom stereocenters. The first-order valence-corrected chi connectivity index (χ1v) is 16.6. The standard InChI is InChI=1S/C26H20ClN7O10S3.3Na/c1-34(15-7-3-2-4-8-15)26-30-24(27)29-25(31-26)28-18-13-16(46(37,38)39)11-14-12-19(45-44-43-36)22(23(35)21(14)18)33-32-17-9-5-6-10-20(17)47(40,41)42;;;/h2-13,35-36H,1H3,(H,37,38,39)(H,40,41,42)(H,28,29,30,31);;;/q;3*+1/p-3. The number of nitrogens with zero attached hydrogens (tertiary/aromatic N) is 6. The van der Waals surface area contributed by atoms with E-state index in [9.17, 15) is 36.3 Å². The van der Waals surface area contributed by atoms with Gasteiger partial charge in [0.1, 0.15) is 31.6 Å². The SMILES string of the molecule is CN(c1ccccc1)c1nc(Cl)nc(Nc2cc(S(=O)(=O)[O-])cc3cc(SOO[O-])c(N=Nc4ccccc4S(=O)(=O)[O-])c(O)c23)n1.[Na+].[Na+].[Na+]. The van der Waals surface area contributed by atoms with Crippen LogP contribution in [0.3, 0.4) is 0 Å². The van der Waals surface area contributed by atoms with Crippen molar-refractivity contribution in [3.05, 3.63) is 78.1 Å². The molecule has 17 nitrogen and oxygen atoms in total. The summed E-state index contributed by atoms with van der Waals surface area (Å²) in [5, 5.41) is 35.3. The summed E-state index contributed by atoms with van der Waals surface area (Å²) in [6, 6.07) is 16.7. The van der Waals surface area contributed by atoms with Crippen LogP contribution in [0.1, 0.15) is 0 Å². The fourth-order valence-corrected chi connectivity index (χ4v) is 5.99. The van der Waals surface area contributed by atoms with Crippen molar-refractivity contribution in [2.24, 2.45) is 10.2 Å². The van der Waals surface area contributed by atoms with Gasteiger partial charge in [-0.3, -0.25) is 5.04 Å². The predicted molar refractivity (Wildman–Crippen MR) is 163 cm³/mol. The first-order chi connectivity index (χ1) is 22.3. The van der Waals surface area contributed by atoms with Crippen molar-refractivity contribution in [3.63, 3.8) is 0 Å². The quantitative estimate of drug-likeness (QED) is 0.0319. The summed E-state index contributed by atoms with van der Waals surface area (Å²) in [5.74, 6) is -0.900. The number of anilines is 4. The molecule has 0 amide bonds. The number of fused-ring (bicyclic) bond motifs is 1. The normalized spacial score (nSPS) is 11.4. The van der Waals surface area contributed by atoms with Crippen LogP contribution in [0.2, 0.25) is 5.28 Å². The van der Waals surface area contributed by atoms with Crippen LogP contribution in [0, 0.1) is 0 Å². The van der Waals surface area contributed by atoms with E-state index in [1.165, 1.54) is 18.2 Å². The summed E-state index contributed by atoms with van der Waals surface area (Å²) in [7, 11) is -8.43. The number of nitrogens with one attached hydrogen (secondary N) is 1. The molecule has 5 aromatic rings. The van der Waals surface area contributed by atoms with E-state index in [4.69, 9.17) is 11.6 Å². The predicted octanol–water partition coefficient (Wildman–Crippen LogP) is -4.64. The summed E-state index contributed by atoms with van der Waals surface area (Å²) in [6.45, 7) is 0. The van der Waals surface area contributed by atoms with Gasteiger partial charge in [-0.05, 0) is 59.5 Å². The molecule has 0 unspecified atom stereocenters. The van der Waals surface area contributed by atoms with E-state index in [2.05, 4.69) is 39.9 Å². The molecular formula is C26H17ClN7Na3O10S3. The van der Waals surface area contributed by atoms with Gasteiger partial charge in [-0.15, -0.1) is 10.2 Å². The Morgan fingerprint density at radius 3 is 2.20 bits per heavy atom. The van der Waals surface area contributed by atoms with E-state index in [-0.39, 0.29) is 145 Å². The number of rotatable bonds is 11. The fraction of sp³-hybridized carbons (Fsp3) is 0.0385.